The number of thiazole rings is 1. The number of para-hydroxylation sites is 1. The van der Waals surface area contributed by atoms with Crippen molar-refractivity contribution in [3.05, 3.63) is 51.3 Å². The van der Waals surface area contributed by atoms with E-state index in [1.807, 2.05) is 6.07 Å². The summed E-state index contributed by atoms with van der Waals surface area (Å²) in [5.41, 5.74) is 1.57. The second-order valence-electron chi connectivity index (χ2n) is 6.11. The number of fused-ring (bicyclic) bond motifs is 2. The second-order valence-corrected chi connectivity index (χ2v) is 7.19. The molecule has 7 nitrogen and oxygen atoms in total. The van der Waals surface area contributed by atoms with E-state index in [4.69, 9.17) is 0 Å². The largest absolute Gasteiger partial charge is 0.301 e. The van der Waals surface area contributed by atoms with E-state index in [-0.39, 0.29) is 17.9 Å². The molecule has 0 saturated carbocycles. The van der Waals surface area contributed by atoms with Gasteiger partial charge in [-0.1, -0.05) is 12.1 Å². The van der Waals surface area contributed by atoms with Crippen molar-refractivity contribution in [3.8, 4) is 0 Å². The highest BCUT2D eigenvalue weighted by Crippen LogP contribution is 2.27. The quantitative estimate of drug-likeness (QED) is 0.770. The SMILES string of the molecule is CN1CCc2nc(NC(=O)Cn3ncc(=O)c4ccccc43)sc2C1. The minimum atomic E-state index is -0.208. The van der Waals surface area contributed by atoms with Gasteiger partial charge < -0.3 is 10.2 Å². The van der Waals surface area contributed by atoms with E-state index in [1.54, 1.807) is 18.2 Å². The molecule has 1 aliphatic heterocycles. The van der Waals surface area contributed by atoms with Crippen LogP contribution in [0.2, 0.25) is 0 Å². The third kappa shape index (κ3) is 3.18. The molecule has 0 radical (unpaired) electrons. The summed E-state index contributed by atoms with van der Waals surface area (Å²) >= 11 is 1.52. The maximum Gasteiger partial charge on any atom is 0.247 e. The smallest absolute Gasteiger partial charge is 0.247 e. The first-order valence-corrected chi connectivity index (χ1v) is 8.83. The fourth-order valence-corrected chi connectivity index (χ4v) is 4.06. The topological polar surface area (TPSA) is 80.1 Å². The number of amides is 1. The Hall–Kier alpha value is -2.58. The minimum Gasteiger partial charge on any atom is -0.301 e. The van der Waals surface area contributed by atoms with Gasteiger partial charge in [0.2, 0.25) is 11.3 Å². The van der Waals surface area contributed by atoms with Crippen LogP contribution in [0.3, 0.4) is 0 Å². The van der Waals surface area contributed by atoms with E-state index in [0.29, 0.717) is 16.0 Å². The Labute approximate surface area is 147 Å². The van der Waals surface area contributed by atoms with Gasteiger partial charge in [-0.25, -0.2) is 4.98 Å². The minimum absolute atomic E-state index is 0.0327. The van der Waals surface area contributed by atoms with Crippen molar-refractivity contribution in [1.29, 1.82) is 0 Å². The molecule has 8 heteroatoms. The molecule has 2 aromatic heterocycles. The fourth-order valence-electron chi connectivity index (χ4n) is 2.96. The molecule has 0 saturated heterocycles. The third-order valence-corrected chi connectivity index (χ3v) is 5.22. The summed E-state index contributed by atoms with van der Waals surface area (Å²) in [5.74, 6) is -0.208. The molecule has 3 aromatic rings. The Morgan fingerprint density at radius 1 is 1.36 bits per heavy atom. The molecule has 0 unspecified atom stereocenters. The molecule has 3 heterocycles. The van der Waals surface area contributed by atoms with Gasteiger partial charge in [0.05, 0.1) is 17.4 Å². The van der Waals surface area contributed by atoms with E-state index >= 15 is 0 Å². The number of benzene rings is 1. The molecular weight excluding hydrogens is 338 g/mol. The van der Waals surface area contributed by atoms with Crippen LogP contribution >= 0.6 is 11.3 Å². The van der Waals surface area contributed by atoms with E-state index < -0.39 is 0 Å². The number of likely N-dealkylation sites (N-methyl/N-ethyl adjacent to an activating group) is 1. The average molecular weight is 355 g/mol. The van der Waals surface area contributed by atoms with Crippen molar-refractivity contribution in [3.63, 3.8) is 0 Å². The number of anilines is 1. The van der Waals surface area contributed by atoms with Crippen LogP contribution in [0.15, 0.2) is 35.3 Å². The summed E-state index contributed by atoms with van der Waals surface area (Å²) in [6.45, 7) is 1.89. The number of hydrogen-bond donors (Lipinski definition) is 1. The molecule has 1 N–H and O–H groups in total. The molecule has 1 amide bonds. The maximum atomic E-state index is 12.4. The third-order valence-electron chi connectivity index (χ3n) is 4.22. The Balaban J connectivity index is 1.54. The van der Waals surface area contributed by atoms with Gasteiger partial charge in [-0.05, 0) is 19.2 Å². The number of carbonyl (C=O) groups excluding carboxylic acids is 1. The van der Waals surface area contributed by atoms with E-state index in [9.17, 15) is 9.59 Å². The van der Waals surface area contributed by atoms with Crippen molar-refractivity contribution in [2.45, 2.75) is 19.5 Å². The lowest BCUT2D eigenvalue weighted by Gasteiger charge is -2.20. The monoisotopic (exact) mass is 355 g/mol. The Kier molecular flexibility index (Phi) is 4.06. The van der Waals surface area contributed by atoms with E-state index in [1.165, 1.54) is 27.1 Å². The predicted octanol–water partition coefficient (Wildman–Crippen LogP) is 1.48. The lowest BCUT2D eigenvalue weighted by atomic mass is 10.2. The van der Waals surface area contributed by atoms with E-state index in [0.717, 1.165) is 25.2 Å². The van der Waals surface area contributed by atoms with Crippen molar-refractivity contribution in [2.75, 3.05) is 18.9 Å². The van der Waals surface area contributed by atoms with Gasteiger partial charge in [0.15, 0.2) is 5.13 Å². The molecule has 25 heavy (non-hydrogen) atoms. The summed E-state index contributed by atoms with van der Waals surface area (Å²) in [6.07, 6.45) is 2.15. The molecule has 1 aliphatic rings. The molecule has 0 bridgehead atoms. The summed E-state index contributed by atoms with van der Waals surface area (Å²) in [6, 6.07) is 7.14. The molecule has 0 atom stereocenters. The predicted molar refractivity (Wildman–Crippen MR) is 96.8 cm³/mol. The van der Waals surface area contributed by atoms with Crippen LogP contribution in [-0.2, 0) is 24.3 Å². The summed E-state index contributed by atoms with van der Waals surface area (Å²) in [5, 5.41) is 8.11. The number of nitrogens with one attached hydrogen (secondary N) is 1. The highest BCUT2D eigenvalue weighted by atomic mass is 32.1. The highest BCUT2D eigenvalue weighted by molar-refractivity contribution is 7.15. The van der Waals surface area contributed by atoms with Gasteiger partial charge in [-0.15, -0.1) is 11.3 Å². The zero-order chi connectivity index (χ0) is 17.4. The van der Waals surface area contributed by atoms with Crippen LogP contribution in [0, 0.1) is 0 Å². The molecule has 0 aliphatic carbocycles. The van der Waals surface area contributed by atoms with Crippen molar-refractivity contribution in [2.24, 2.45) is 0 Å². The van der Waals surface area contributed by atoms with Crippen molar-refractivity contribution >= 4 is 33.3 Å². The maximum absolute atomic E-state index is 12.4. The molecule has 4 rings (SSSR count). The molecular formula is C17H17N5O2S. The van der Waals surface area contributed by atoms with Gasteiger partial charge in [-0.3, -0.25) is 14.3 Å². The summed E-state index contributed by atoms with van der Waals surface area (Å²) in [7, 11) is 2.08. The van der Waals surface area contributed by atoms with E-state index in [2.05, 4.69) is 27.3 Å². The average Bonchev–Trinajstić information content (AvgIpc) is 2.99. The standard InChI is InChI=1S/C17H17N5O2S/c1-21-7-6-12-15(9-21)25-17(19-12)20-16(24)10-22-13-5-3-2-4-11(13)14(23)8-18-22/h2-5,8H,6-7,9-10H2,1H3,(H,19,20,24). The number of hydrogen-bond acceptors (Lipinski definition) is 6. The lowest BCUT2D eigenvalue weighted by Crippen LogP contribution is -2.25. The van der Waals surface area contributed by atoms with Gasteiger partial charge in [-0.2, -0.15) is 5.10 Å². The molecule has 0 fully saturated rings. The molecule has 1 aromatic carbocycles. The Morgan fingerprint density at radius 3 is 3.08 bits per heavy atom. The van der Waals surface area contributed by atoms with Crippen molar-refractivity contribution in [1.82, 2.24) is 19.7 Å². The van der Waals surface area contributed by atoms with Crippen LogP contribution in [-0.4, -0.2) is 39.2 Å². The Morgan fingerprint density at radius 2 is 2.20 bits per heavy atom. The van der Waals surface area contributed by atoms with Crippen LogP contribution in [0.4, 0.5) is 5.13 Å². The van der Waals surface area contributed by atoms with Crippen LogP contribution in [0.1, 0.15) is 10.6 Å². The number of aromatic nitrogens is 3. The van der Waals surface area contributed by atoms with Crippen LogP contribution < -0.4 is 10.7 Å². The van der Waals surface area contributed by atoms with Gasteiger partial charge in [0.1, 0.15) is 6.54 Å². The normalized spacial score (nSPS) is 14.4. The van der Waals surface area contributed by atoms with Gasteiger partial charge >= 0.3 is 0 Å². The first kappa shape index (κ1) is 15.9. The zero-order valence-corrected chi connectivity index (χ0v) is 14.5. The second kappa shape index (κ2) is 6.38. The van der Waals surface area contributed by atoms with Gasteiger partial charge in [0, 0.05) is 29.8 Å². The fraction of sp³-hybridized carbons (Fsp3) is 0.294. The first-order valence-electron chi connectivity index (χ1n) is 8.02. The van der Waals surface area contributed by atoms with Crippen LogP contribution in [0.25, 0.3) is 10.9 Å². The number of carbonyl (C=O) groups is 1. The van der Waals surface area contributed by atoms with Crippen molar-refractivity contribution < 1.29 is 4.79 Å². The highest BCUT2D eigenvalue weighted by Gasteiger charge is 2.19. The summed E-state index contributed by atoms with van der Waals surface area (Å²) < 4.78 is 1.54. The lowest BCUT2D eigenvalue weighted by molar-refractivity contribution is -0.116. The molecule has 0 spiro atoms. The van der Waals surface area contributed by atoms with Crippen LogP contribution in [0.5, 0.6) is 0 Å². The molecule has 128 valence electrons. The first-order chi connectivity index (χ1) is 12.1. The Bertz CT molecular complexity index is 1010. The summed E-state index contributed by atoms with van der Waals surface area (Å²) in [4.78, 5) is 32.2. The number of rotatable bonds is 3. The number of nitrogens with zero attached hydrogens (tertiary/aromatic N) is 4. The zero-order valence-electron chi connectivity index (χ0n) is 13.7. The van der Waals surface area contributed by atoms with Gasteiger partial charge in [0.25, 0.3) is 0 Å².